The summed E-state index contributed by atoms with van der Waals surface area (Å²) in [6.07, 6.45) is 0. The number of nitrogens with one attached hydrogen (secondary N) is 2. The minimum absolute atomic E-state index is 0. The maximum atomic E-state index is 10.0. The Morgan fingerprint density at radius 2 is 1.78 bits per heavy atom. The summed E-state index contributed by atoms with van der Waals surface area (Å²) in [6, 6.07) is -0.725. The molecule has 0 bridgehead atoms. The van der Waals surface area contributed by atoms with Crippen molar-refractivity contribution in [2.45, 2.75) is 26.3 Å². The standard InChI is InChI=1S/C5H12N2O.Re/c1-5(2,3)7-4(6)8;/h1-3H3,(H3,6,7,8);/p-1. The molecule has 9 heavy (non-hydrogen) atoms. The summed E-state index contributed by atoms with van der Waals surface area (Å²) in [5.41, 5.74) is 6.22. The topological polar surface area (TPSA) is 52.9 Å². The van der Waals surface area contributed by atoms with Gasteiger partial charge in [-0.1, -0.05) is 20.8 Å². The van der Waals surface area contributed by atoms with Crippen LogP contribution in [0.2, 0.25) is 0 Å². The molecule has 0 fully saturated rings. The molecule has 0 aliphatic heterocycles. The largest absolute Gasteiger partial charge is 0.447 e. The molecule has 0 spiro atoms. The van der Waals surface area contributed by atoms with Crippen molar-refractivity contribution in [3.63, 3.8) is 0 Å². The van der Waals surface area contributed by atoms with Gasteiger partial charge in [0.25, 0.3) is 0 Å². The smallest absolute Gasteiger partial charge is 0.150 e. The number of carbonyl (C=O) groups excluding carboxylic acids is 1. The van der Waals surface area contributed by atoms with E-state index in [4.69, 9.17) is 5.73 Å². The Balaban J connectivity index is 0. The van der Waals surface area contributed by atoms with Crippen LogP contribution >= 0.6 is 0 Å². The minimum atomic E-state index is -0.725. The summed E-state index contributed by atoms with van der Waals surface area (Å²) in [7, 11) is 0. The van der Waals surface area contributed by atoms with Crippen molar-refractivity contribution < 1.29 is 25.2 Å². The fraction of sp³-hybridized carbons (Fsp3) is 0.800. The van der Waals surface area contributed by atoms with E-state index in [-0.39, 0.29) is 26.0 Å². The second-order valence-electron chi connectivity index (χ2n) is 2.70. The van der Waals surface area contributed by atoms with Crippen LogP contribution in [0, 0.1) is 0 Å². The van der Waals surface area contributed by atoms with Crippen LogP contribution in [0.25, 0.3) is 5.73 Å². The van der Waals surface area contributed by atoms with Crippen LogP contribution in [0.15, 0.2) is 0 Å². The molecule has 0 aliphatic carbocycles. The Kier molecular flexibility index (Phi) is 5.02. The number of carbonyl (C=O) groups is 1. The van der Waals surface area contributed by atoms with Gasteiger partial charge >= 0.3 is 0 Å². The van der Waals surface area contributed by atoms with E-state index < -0.39 is 6.03 Å². The van der Waals surface area contributed by atoms with Crippen molar-refractivity contribution in [3.8, 4) is 0 Å². The number of urea groups is 1. The number of hydrogen-bond donors (Lipinski definition) is 1. The van der Waals surface area contributed by atoms with Crippen LogP contribution in [0.1, 0.15) is 20.8 Å². The molecule has 55 valence electrons. The Bertz CT molecular complexity index is 97.6. The van der Waals surface area contributed by atoms with Gasteiger partial charge in [-0.15, -0.1) is 0 Å². The number of rotatable bonds is 0. The third-order valence-corrected chi connectivity index (χ3v) is 0.489. The van der Waals surface area contributed by atoms with Crippen molar-refractivity contribution >= 4 is 6.03 Å². The van der Waals surface area contributed by atoms with E-state index in [0.29, 0.717) is 0 Å². The van der Waals surface area contributed by atoms with Gasteiger partial charge in [-0.2, -0.15) is 0 Å². The molecule has 0 saturated carbocycles. The van der Waals surface area contributed by atoms with Crippen molar-refractivity contribution in [2.24, 2.45) is 0 Å². The zero-order valence-corrected chi connectivity index (χ0v) is 8.50. The Morgan fingerprint density at radius 3 is 1.78 bits per heavy atom. The van der Waals surface area contributed by atoms with E-state index >= 15 is 0 Å². The molecule has 1 radical (unpaired) electrons. The van der Waals surface area contributed by atoms with Gasteiger partial charge in [0.05, 0.1) is 0 Å². The van der Waals surface area contributed by atoms with Crippen LogP contribution in [0.5, 0.6) is 0 Å². The summed E-state index contributed by atoms with van der Waals surface area (Å²) < 4.78 is 0. The van der Waals surface area contributed by atoms with Crippen LogP contribution in [-0.4, -0.2) is 11.6 Å². The molecule has 0 aliphatic rings. The SMILES string of the molecule is CC(C)(C)NC([NH-])=O.[Re]. The van der Waals surface area contributed by atoms with Crippen LogP contribution in [0.3, 0.4) is 0 Å². The van der Waals surface area contributed by atoms with E-state index in [0.717, 1.165) is 0 Å². The monoisotopic (exact) mass is 302 g/mol. The summed E-state index contributed by atoms with van der Waals surface area (Å²) >= 11 is 0. The van der Waals surface area contributed by atoms with Crippen molar-refractivity contribution in [2.75, 3.05) is 0 Å². The van der Waals surface area contributed by atoms with Gasteiger partial charge in [0, 0.05) is 20.4 Å². The summed E-state index contributed by atoms with van der Waals surface area (Å²) in [6.45, 7) is 5.50. The third kappa shape index (κ3) is 11.5. The average molecular weight is 301 g/mol. The average Bonchev–Trinajstić information content (AvgIpc) is 1.21. The molecule has 0 aromatic heterocycles. The molecule has 0 saturated heterocycles. The van der Waals surface area contributed by atoms with E-state index in [1.54, 1.807) is 0 Å². The first-order valence-electron chi connectivity index (χ1n) is 2.45. The first-order chi connectivity index (χ1) is 3.42. The van der Waals surface area contributed by atoms with Gasteiger partial charge in [0.2, 0.25) is 0 Å². The Labute approximate surface area is 69.0 Å². The minimum Gasteiger partial charge on any atom is -0.447 e. The van der Waals surface area contributed by atoms with Gasteiger partial charge < -0.3 is 11.1 Å². The Morgan fingerprint density at radius 1 is 1.44 bits per heavy atom. The normalized spacial score (nSPS) is 9.67. The molecule has 0 rings (SSSR count). The van der Waals surface area contributed by atoms with Gasteiger partial charge in [0.1, 0.15) is 0 Å². The summed E-state index contributed by atoms with van der Waals surface area (Å²) in [5.74, 6) is 0. The molecule has 0 unspecified atom stereocenters. The fourth-order valence-electron chi connectivity index (χ4n) is 0.341. The molecular formula is C5H11N2ORe-. The maximum Gasteiger partial charge on any atom is 0.150 e. The Hall–Kier alpha value is -0.0677. The molecule has 2 amide bonds. The summed E-state index contributed by atoms with van der Waals surface area (Å²) in [5, 5.41) is 2.41. The molecule has 3 nitrogen and oxygen atoms in total. The van der Waals surface area contributed by atoms with Gasteiger partial charge in [0.15, 0.2) is 6.03 Å². The van der Waals surface area contributed by atoms with E-state index in [1.807, 2.05) is 20.8 Å². The molecular weight excluding hydrogens is 290 g/mol. The zero-order valence-electron chi connectivity index (χ0n) is 5.79. The number of hydrogen-bond acceptors (Lipinski definition) is 1. The van der Waals surface area contributed by atoms with E-state index in [2.05, 4.69) is 5.32 Å². The number of amides is 2. The van der Waals surface area contributed by atoms with Crippen molar-refractivity contribution in [1.29, 1.82) is 0 Å². The van der Waals surface area contributed by atoms with Crippen molar-refractivity contribution in [1.82, 2.24) is 5.32 Å². The predicted molar refractivity (Wildman–Crippen MR) is 32.6 cm³/mol. The van der Waals surface area contributed by atoms with E-state index in [1.165, 1.54) is 0 Å². The third-order valence-electron chi connectivity index (χ3n) is 0.489. The van der Waals surface area contributed by atoms with Gasteiger partial charge in [-0.25, -0.2) is 0 Å². The summed E-state index contributed by atoms with van der Waals surface area (Å²) in [4.78, 5) is 10.0. The predicted octanol–water partition coefficient (Wildman–Crippen LogP) is 1.54. The second kappa shape index (κ2) is 3.86. The molecule has 0 atom stereocenters. The molecule has 0 aromatic rings. The van der Waals surface area contributed by atoms with Crippen LogP contribution in [0.4, 0.5) is 4.79 Å². The molecule has 2 N–H and O–H groups in total. The first-order valence-corrected chi connectivity index (χ1v) is 2.45. The van der Waals surface area contributed by atoms with Crippen LogP contribution in [-0.2, 0) is 20.4 Å². The van der Waals surface area contributed by atoms with Crippen LogP contribution < -0.4 is 5.32 Å². The maximum absolute atomic E-state index is 10.0. The quantitative estimate of drug-likeness (QED) is 0.725. The van der Waals surface area contributed by atoms with Crippen molar-refractivity contribution in [3.05, 3.63) is 5.73 Å². The van der Waals surface area contributed by atoms with Gasteiger partial charge in [-0.05, 0) is 5.54 Å². The van der Waals surface area contributed by atoms with Gasteiger partial charge in [-0.3, -0.25) is 4.79 Å². The molecule has 4 heteroatoms. The zero-order chi connectivity index (χ0) is 6.78. The fourth-order valence-corrected chi connectivity index (χ4v) is 0.341. The second-order valence-corrected chi connectivity index (χ2v) is 2.70. The first kappa shape index (κ1) is 11.7. The molecule has 0 aromatic carbocycles. The molecule has 0 heterocycles. The van der Waals surface area contributed by atoms with E-state index in [9.17, 15) is 4.79 Å².